The topological polar surface area (TPSA) is 158 Å². The Morgan fingerprint density at radius 2 is 1.68 bits per heavy atom. The van der Waals surface area contributed by atoms with Gasteiger partial charge in [0.25, 0.3) is 11.4 Å². The molecule has 0 saturated heterocycles. The summed E-state index contributed by atoms with van der Waals surface area (Å²) in [6, 6.07) is 8.57. The number of Topliss-reactive ketones (excluding diaryl/α,β-unsaturated/α-hetero) is 1. The maximum atomic E-state index is 13.4. The van der Waals surface area contributed by atoms with E-state index in [0.29, 0.717) is 5.82 Å². The van der Waals surface area contributed by atoms with E-state index in [9.17, 15) is 19.2 Å². The predicted molar refractivity (Wildman–Crippen MR) is 152 cm³/mol. The Morgan fingerprint density at radius 1 is 1.05 bits per heavy atom. The monoisotopic (exact) mass is 566 g/mol. The van der Waals surface area contributed by atoms with Gasteiger partial charge in [0.1, 0.15) is 18.1 Å². The Labute approximate surface area is 238 Å². The fourth-order valence-electron chi connectivity index (χ4n) is 4.26. The largest absolute Gasteiger partial charge is 0.453 e. The molecule has 0 bridgehead atoms. The maximum Gasteiger partial charge on any atom is 0.411 e. The van der Waals surface area contributed by atoms with Crippen LogP contribution in [-0.4, -0.2) is 50.7 Å². The molecule has 1 aromatic carbocycles. The Hall–Kier alpha value is -4.35. The minimum absolute atomic E-state index is 0.103. The highest BCUT2D eigenvalue weighted by Crippen LogP contribution is 2.30. The van der Waals surface area contributed by atoms with Gasteiger partial charge >= 0.3 is 6.09 Å². The van der Waals surface area contributed by atoms with Crippen molar-refractivity contribution in [3.8, 4) is 0 Å². The first kappa shape index (κ1) is 31.2. The first-order chi connectivity index (χ1) is 19.1. The van der Waals surface area contributed by atoms with Crippen molar-refractivity contribution in [3.05, 3.63) is 69.5 Å². The van der Waals surface area contributed by atoms with Gasteiger partial charge in [-0.3, -0.25) is 24.3 Å². The Balaban J connectivity index is 1.90. The number of nitrogens with zero attached hydrogens (tertiary/aromatic N) is 4. The van der Waals surface area contributed by atoms with E-state index >= 15 is 0 Å². The number of ketones is 1. The molecule has 0 saturated carbocycles. The second-order valence-electron chi connectivity index (χ2n) is 11.7. The molecule has 2 amide bonds. The van der Waals surface area contributed by atoms with Gasteiger partial charge in [0.05, 0.1) is 24.3 Å². The molecule has 2 N–H and O–H groups in total. The second-order valence-corrected chi connectivity index (χ2v) is 11.7. The van der Waals surface area contributed by atoms with Crippen molar-refractivity contribution < 1.29 is 23.5 Å². The SMILES string of the molecule is COC(=O)Nc1c(C)nc(C(C)(C)C)n(CC(=O)N[C@H](C(=O)c2nnc(C(C)(C)c3ccccc3)o2)C(C)C)c1=O. The van der Waals surface area contributed by atoms with Gasteiger partial charge in [0.2, 0.25) is 17.6 Å². The normalized spacial score (nSPS) is 12.6. The Morgan fingerprint density at radius 3 is 2.24 bits per heavy atom. The fourth-order valence-corrected chi connectivity index (χ4v) is 4.26. The molecule has 12 nitrogen and oxygen atoms in total. The molecule has 220 valence electrons. The predicted octanol–water partition coefficient (Wildman–Crippen LogP) is 3.76. The number of aromatic nitrogens is 4. The van der Waals surface area contributed by atoms with Crippen LogP contribution in [-0.2, 0) is 26.9 Å². The van der Waals surface area contributed by atoms with Crippen molar-refractivity contribution >= 4 is 23.5 Å². The molecule has 2 aromatic heterocycles. The summed E-state index contributed by atoms with van der Waals surface area (Å²) in [4.78, 5) is 56.5. The maximum absolute atomic E-state index is 13.4. The number of hydrogen-bond donors (Lipinski definition) is 2. The molecule has 0 unspecified atom stereocenters. The van der Waals surface area contributed by atoms with Gasteiger partial charge in [-0.05, 0) is 32.3 Å². The number of ether oxygens (including phenoxy) is 1. The number of nitrogens with one attached hydrogen (secondary N) is 2. The second kappa shape index (κ2) is 12.0. The van der Waals surface area contributed by atoms with Crippen molar-refractivity contribution in [1.29, 1.82) is 0 Å². The van der Waals surface area contributed by atoms with Gasteiger partial charge in [-0.15, -0.1) is 10.2 Å². The van der Waals surface area contributed by atoms with Crippen LogP contribution < -0.4 is 16.2 Å². The third-order valence-electron chi connectivity index (χ3n) is 6.67. The zero-order chi connectivity index (χ0) is 30.7. The molecular weight excluding hydrogens is 528 g/mol. The molecule has 0 fully saturated rings. The first-order valence-corrected chi connectivity index (χ1v) is 13.3. The summed E-state index contributed by atoms with van der Waals surface area (Å²) in [6.07, 6.45) is -0.841. The molecule has 0 aliphatic heterocycles. The molecule has 0 aliphatic carbocycles. The summed E-state index contributed by atoms with van der Waals surface area (Å²) >= 11 is 0. The number of rotatable bonds is 9. The van der Waals surface area contributed by atoms with Gasteiger partial charge in [0, 0.05) is 5.41 Å². The third kappa shape index (κ3) is 6.87. The van der Waals surface area contributed by atoms with E-state index < -0.39 is 46.8 Å². The van der Waals surface area contributed by atoms with Crippen molar-refractivity contribution in [2.75, 3.05) is 12.4 Å². The average molecular weight is 567 g/mol. The first-order valence-electron chi connectivity index (χ1n) is 13.3. The molecular formula is C29H38N6O6. The summed E-state index contributed by atoms with van der Waals surface area (Å²) in [5.41, 5.74) is -0.782. The Bertz CT molecular complexity index is 1480. The van der Waals surface area contributed by atoms with E-state index in [1.807, 2.05) is 65.0 Å². The van der Waals surface area contributed by atoms with E-state index in [2.05, 4.69) is 30.6 Å². The molecule has 12 heteroatoms. The number of hydrogen-bond acceptors (Lipinski definition) is 9. The summed E-state index contributed by atoms with van der Waals surface area (Å²) < 4.78 is 11.6. The fraction of sp³-hybridized carbons (Fsp3) is 0.483. The van der Waals surface area contributed by atoms with E-state index in [-0.39, 0.29) is 29.1 Å². The zero-order valence-electron chi connectivity index (χ0n) is 25.0. The van der Waals surface area contributed by atoms with Crippen molar-refractivity contribution in [2.24, 2.45) is 5.92 Å². The van der Waals surface area contributed by atoms with Crippen LogP contribution >= 0.6 is 0 Å². The molecule has 1 atom stereocenters. The molecule has 2 heterocycles. The standard InChI is InChI=1S/C29H38N6O6/c1-16(2)20(22(37)23-33-34-26(41-23)29(7,8)18-13-11-10-12-14-18)31-19(36)15-35-24(38)21(32-27(39)40-9)17(3)30-25(35)28(4,5)6/h10-14,16,20H,15H2,1-9H3,(H,31,36)(H,32,39)/t20-/m0/s1. The smallest absolute Gasteiger partial charge is 0.411 e. The van der Waals surface area contributed by atoms with Crippen molar-refractivity contribution in [2.45, 2.75) is 78.8 Å². The van der Waals surface area contributed by atoms with Gasteiger partial charge < -0.3 is 14.5 Å². The molecule has 0 spiro atoms. The van der Waals surface area contributed by atoms with Gasteiger partial charge in [-0.25, -0.2) is 9.78 Å². The lowest BCUT2D eigenvalue weighted by Crippen LogP contribution is -2.47. The van der Waals surface area contributed by atoms with Crippen molar-refractivity contribution in [1.82, 2.24) is 25.1 Å². The average Bonchev–Trinajstić information content (AvgIpc) is 3.41. The quantitative estimate of drug-likeness (QED) is 0.368. The highest BCUT2D eigenvalue weighted by Gasteiger charge is 2.34. The minimum atomic E-state index is -1.00. The van der Waals surface area contributed by atoms with Crippen molar-refractivity contribution in [3.63, 3.8) is 0 Å². The summed E-state index contributed by atoms with van der Waals surface area (Å²) in [5.74, 6) is -1.12. The van der Waals surface area contributed by atoms with Crippen LogP contribution in [0.2, 0.25) is 0 Å². The van der Waals surface area contributed by atoms with Crippen LogP contribution in [0, 0.1) is 12.8 Å². The zero-order valence-corrected chi connectivity index (χ0v) is 25.0. The van der Waals surface area contributed by atoms with E-state index in [1.54, 1.807) is 20.8 Å². The number of benzene rings is 1. The highest BCUT2D eigenvalue weighted by atomic mass is 16.5. The van der Waals surface area contributed by atoms with E-state index in [4.69, 9.17) is 4.42 Å². The number of amides is 2. The highest BCUT2D eigenvalue weighted by molar-refractivity contribution is 5.98. The van der Waals surface area contributed by atoms with E-state index in [1.165, 1.54) is 11.7 Å². The van der Waals surface area contributed by atoms with Crippen LogP contribution in [0.5, 0.6) is 0 Å². The number of aryl methyl sites for hydroxylation is 1. The molecule has 3 aromatic rings. The number of anilines is 1. The number of carbonyl (C=O) groups excluding carboxylic acids is 3. The van der Waals surface area contributed by atoms with E-state index in [0.717, 1.165) is 5.56 Å². The molecule has 0 radical (unpaired) electrons. The number of methoxy groups -OCH3 is 1. The lowest BCUT2D eigenvalue weighted by atomic mass is 9.85. The summed E-state index contributed by atoms with van der Waals surface area (Å²) in [7, 11) is 1.17. The third-order valence-corrected chi connectivity index (χ3v) is 6.67. The molecule has 0 aliphatic rings. The lowest BCUT2D eigenvalue weighted by molar-refractivity contribution is -0.122. The summed E-state index contributed by atoms with van der Waals surface area (Å²) in [6.45, 7) is 14.0. The van der Waals surface area contributed by atoms with Gasteiger partial charge in [-0.2, -0.15) is 0 Å². The van der Waals surface area contributed by atoms with Crippen LogP contribution in [0.15, 0.2) is 39.5 Å². The van der Waals surface area contributed by atoms with Crippen LogP contribution in [0.3, 0.4) is 0 Å². The lowest BCUT2D eigenvalue weighted by Gasteiger charge is -2.25. The van der Waals surface area contributed by atoms with Crippen LogP contribution in [0.25, 0.3) is 0 Å². The molecule has 41 heavy (non-hydrogen) atoms. The number of carbonyl (C=O) groups is 3. The minimum Gasteiger partial charge on any atom is -0.453 e. The van der Waals surface area contributed by atoms with Gasteiger partial charge in [0.15, 0.2) is 0 Å². The summed E-state index contributed by atoms with van der Waals surface area (Å²) in [5, 5.41) is 13.2. The van der Waals surface area contributed by atoms with Crippen LogP contribution in [0.4, 0.5) is 10.5 Å². The van der Waals surface area contributed by atoms with Gasteiger partial charge in [-0.1, -0.05) is 65.0 Å². The Kier molecular flexibility index (Phi) is 9.15. The molecule has 3 rings (SSSR count). The van der Waals surface area contributed by atoms with Crippen LogP contribution in [0.1, 0.15) is 82.1 Å².